The van der Waals surface area contributed by atoms with Crippen LogP contribution in [0, 0.1) is 6.33 Å². The fourth-order valence-electron chi connectivity index (χ4n) is 8.78. The standard InChI is InChI=1S/C58H42N4O/c1-58(2,3)39-32-33-59-55(34-39)62-52-28-12-11-24-48(52)49-31-30-42(36-54(49)62)63-41-19-13-18-40(35-41)60-37-61-56-43(38-16-5-4-6-17-38)25-14-26-50(56)46-22-9-7-20-44(46)45-21-8-10-23-47(45)51-27-15-29-53(60)57(51)61/h4-36H,1-3H3/i4D,5D,6D,7D,8D,9D,10D,16D,17D,20D,21D,22D,23D. The van der Waals surface area contributed by atoms with Gasteiger partial charge in [0.15, 0.2) is 0 Å². The summed E-state index contributed by atoms with van der Waals surface area (Å²) >= 11 is 0. The minimum absolute atomic E-state index is 0.0508. The summed E-state index contributed by atoms with van der Waals surface area (Å²) in [6.45, 7) is 6.49. The maximum absolute atomic E-state index is 9.54. The van der Waals surface area contributed by atoms with Crippen LogP contribution in [-0.2, 0) is 5.41 Å². The second-order valence-corrected chi connectivity index (χ2v) is 16.4. The van der Waals surface area contributed by atoms with Gasteiger partial charge in [-0.3, -0.25) is 13.7 Å². The van der Waals surface area contributed by atoms with E-state index in [1.54, 1.807) is 51.6 Å². The van der Waals surface area contributed by atoms with Gasteiger partial charge in [0.2, 0.25) is 0 Å². The van der Waals surface area contributed by atoms with Gasteiger partial charge in [0.1, 0.15) is 17.3 Å². The van der Waals surface area contributed by atoms with Gasteiger partial charge in [0.25, 0.3) is 6.33 Å². The fourth-order valence-corrected chi connectivity index (χ4v) is 8.78. The minimum atomic E-state index is -0.640. The monoisotopic (exact) mass is 823 g/mol. The predicted octanol–water partition coefficient (Wildman–Crippen LogP) is 14.3. The number of pyridine rings is 1. The Bertz CT molecular complexity index is 4340. The molecule has 5 heteroatoms. The van der Waals surface area contributed by atoms with Crippen molar-refractivity contribution in [1.29, 1.82) is 0 Å². The lowest BCUT2D eigenvalue weighted by Crippen LogP contribution is -2.32. The Morgan fingerprint density at radius 1 is 0.556 bits per heavy atom. The Morgan fingerprint density at radius 2 is 1.19 bits per heavy atom. The molecule has 0 spiro atoms. The Kier molecular flexibility index (Phi) is 5.82. The average molecular weight is 824 g/mol. The summed E-state index contributed by atoms with van der Waals surface area (Å²) in [4.78, 5) is 4.83. The SMILES string of the molecule is [2H]c1c([2H])c([2H])c(-c2cccc3c2-[n+]2[c-]n(-c4cccc(Oc5ccc6c7ccccc7n(-c7cc(C(C)(C)C)ccn7)c6c5)c4)c4cccc(c42)-c2c([2H])c([2H])c([2H])c([2H])c2-c2c([2H])c([2H])c([2H])c([2H])c2-3)c([2H])c1[2H]. The second kappa shape index (κ2) is 14.3. The van der Waals surface area contributed by atoms with Crippen LogP contribution in [0.5, 0.6) is 11.5 Å². The van der Waals surface area contributed by atoms with Crippen molar-refractivity contribution in [2.24, 2.45) is 0 Å². The zero-order valence-corrected chi connectivity index (χ0v) is 34.2. The van der Waals surface area contributed by atoms with E-state index in [2.05, 4.69) is 49.9 Å². The van der Waals surface area contributed by atoms with Crippen LogP contribution >= 0.6 is 0 Å². The van der Waals surface area contributed by atoms with E-state index in [1.807, 2.05) is 60.8 Å². The van der Waals surface area contributed by atoms with Gasteiger partial charge in [-0.15, -0.1) is 0 Å². The third kappa shape index (κ3) is 5.99. The normalized spacial score (nSPS) is 14.9. The molecule has 63 heavy (non-hydrogen) atoms. The summed E-state index contributed by atoms with van der Waals surface area (Å²) in [6, 6.07) is 27.9. The second-order valence-electron chi connectivity index (χ2n) is 16.4. The van der Waals surface area contributed by atoms with Gasteiger partial charge < -0.3 is 4.74 Å². The maximum Gasteiger partial charge on any atom is 0.269 e. The summed E-state index contributed by atoms with van der Waals surface area (Å²) in [6.07, 6.45) is 5.30. The molecule has 0 atom stereocenters. The number of imidazole rings is 1. The third-order valence-corrected chi connectivity index (χ3v) is 11.7. The molecule has 0 bridgehead atoms. The molecule has 5 nitrogen and oxygen atoms in total. The van der Waals surface area contributed by atoms with Gasteiger partial charge in [0.05, 0.1) is 51.3 Å². The van der Waals surface area contributed by atoms with Gasteiger partial charge in [-0.2, -0.15) is 0 Å². The highest BCUT2D eigenvalue weighted by atomic mass is 16.5. The first-order valence-corrected chi connectivity index (χ1v) is 20.5. The molecule has 0 amide bonds. The highest BCUT2D eigenvalue weighted by Crippen LogP contribution is 2.45. The number of hydrogen-bond donors (Lipinski definition) is 0. The number of fused-ring (bicyclic) bond motifs is 10. The van der Waals surface area contributed by atoms with Gasteiger partial charge in [-0.25, -0.2) is 4.98 Å². The van der Waals surface area contributed by atoms with Crippen molar-refractivity contribution in [3.05, 3.63) is 212 Å². The van der Waals surface area contributed by atoms with Crippen LogP contribution in [0.4, 0.5) is 0 Å². The van der Waals surface area contributed by atoms with Crippen LogP contribution in [0.2, 0.25) is 0 Å². The van der Waals surface area contributed by atoms with E-state index in [0.29, 0.717) is 28.2 Å². The van der Waals surface area contributed by atoms with E-state index in [9.17, 15) is 8.22 Å². The number of para-hydroxylation sites is 3. The first kappa shape index (κ1) is 25.7. The molecule has 0 saturated carbocycles. The third-order valence-electron chi connectivity index (χ3n) is 11.7. The van der Waals surface area contributed by atoms with Crippen molar-refractivity contribution in [3.63, 3.8) is 0 Å². The van der Waals surface area contributed by atoms with Crippen LogP contribution in [0.3, 0.4) is 0 Å². The maximum atomic E-state index is 9.54. The van der Waals surface area contributed by atoms with E-state index < -0.39 is 78.6 Å². The molecule has 0 N–H and O–H groups in total. The Hall–Kier alpha value is -8.02. The van der Waals surface area contributed by atoms with Gasteiger partial charge in [-0.05, 0) is 104 Å². The lowest BCUT2D eigenvalue weighted by molar-refractivity contribution is -0.570. The Balaban J connectivity index is 1.13. The molecule has 3 aromatic heterocycles. The van der Waals surface area contributed by atoms with E-state index in [0.717, 1.165) is 33.2 Å². The number of hydrogen-bond acceptors (Lipinski definition) is 2. The predicted molar refractivity (Wildman–Crippen MR) is 256 cm³/mol. The number of benzene rings is 8. The van der Waals surface area contributed by atoms with Crippen molar-refractivity contribution in [3.8, 4) is 73.2 Å². The van der Waals surface area contributed by atoms with Gasteiger partial charge in [-0.1, -0.05) is 160 Å². The zero-order chi connectivity index (χ0) is 53.5. The number of aromatic nitrogens is 4. The number of ether oxygens (including phenoxy) is 1. The summed E-state index contributed by atoms with van der Waals surface area (Å²) < 4.78 is 130. The number of nitrogens with zero attached hydrogens (tertiary/aromatic N) is 4. The quantitative estimate of drug-likeness (QED) is 0.128. The number of rotatable bonds is 5. The van der Waals surface area contributed by atoms with E-state index >= 15 is 0 Å². The first-order valence-electron chi connectivity index (χ1n) is 27.0. The highest BCUT2D eigenvalue weighted by Gasteiger charge is 2.26. The van der Waals surface area contributed by atoms with Crippen LogP contribution in [-0.4, -0.2) is 14.1 Å². The molecular formula is C58H42N4O. The van der Waals surface area contributed by atoms with Crippen LogP contribution < -0.4 is 9.30 Å². The van der Waals surface area contributed by atoms with Crippen molar-refractivity contribution >= 4 is 32.8 Å². The molecule has 0 unspecified atom stereocenters. The average Bonchev–Trinajstić information content (AvgIpc) is 4.13. The van der Waals surface area contributed by atoms with Crippen molar-refractivity contribution in [2.75, 3.05) is 0 Å². The van der Waals surface area contributed by atoms with Crippen LogP contribution in [0.1, 0.15) is 44.2 Å². The lowest BCUT2D eigenvalue weighted by Gasteiger charge is -2.20. The molecule has 300 valence electrons. The van der Waals surface area contributed by atoms with E-state index in [1.165, 1.54) is 0 Å². The largest absolute Gasteiger partial charge is 0.458 e. The minimum Gasteiger partial charge on any atom is -0.458 e. The van der Waals surface area contributed by atoms with Crippen LogP contribution in [0.15, 0.2) is 200 Å². The summed E-state index contributed by atoms with van der Waals surface area (Å²) in [5.74, 6) is 1.74. The molecule has 0 saturated heterocycles. The Labute approximate surface area is 384 Å². The molecule has 0 fully saturated rings. The van der Waals surface area contributed by atoms with Crippen molar-refractivity contribution in [1.82, 2.24) is 14.1 Å². The smallest absolute Gasteiger partial charge is 0.269 e. The van der Waals surface area contributed by atoms with Gasteiger partial charge >= 0.3 is 0 Å². The molecule has 8 aromatic carbocycles. The van der Waals surface area contributed by atoms with Crippen molar-refractivity contribution in [2.45, 2.75) is 26.2 Å². The molecule has 1 aliphatic rings. The summed E-state index contributed by atoms with van der Waals surface area (Å²) in [7, 11) is 0. The molecule has 4 heterocycles. The molecular weight excluding hydrogens is 769 g/mol. The van der Waals surface area contributed by atoms with E-state index in [4.69, 9.17) is 19.3 Å². The first-order chi connectivity index (χ1) is 36.3. The topological polar surface area (TPSA) is 35.9 Å². The Morgan fingerprint density at radius 3 is 1.98 bits per heavy atom. The zero-order valence-electron chi connectivity index (χ0n) is 47.2. The summed E-state index contributed by atoms with van der Waals surface area (Å²) in [5, 5.41) is 2.06. The van der Waals surface area contributed by atoms with E-state index in [-0.39, 0.29) is 55.6 Å². The molecule has 1 aliphatic heterocycles. The lowest BCUT2D eigenvalue weighted by atomic mass is 9.88. The fraction of sp³-hybridized carbons (Fsp3) is 0.0690. The van der Waals surface area contributed by atoms with Gasteiger partial charge in [0, 0.05) is 23.0 Å². The van der Waals surface area contributed by atoms with Crippen LogP contribution in [0.25, 0.3) is 94.5 Å². The molecule has 0 radical (unpaired) electrons. The molecule has 11 aromatic rings. The highest BCUT2D eigenvalue weighted by molar-refractivity contribution is 6.09. The molecule has 12 rings (SSSR count). The summed E-state index contributed by atoms with van der Waals surface area (Å²) in [5.41, 5.74) is 3.88. The van der Waals surface area contributed by atoms with Crippen molar-refractivity contribution < 1.29 is 27.1 Å². The molecule has 0 aliphatic carbocycles.